The van der Waals surface area contributed by atoms with E-state index in [4.69, 9.17) is 5.84 Å². The van der Waals surface area contributed by atoms with Gasteiger partial charge in [0.25, 0.3) is 5.91 Å². The molecule has 2 aromatic carbocycles. The van der Waals surface area contributed by atoms with E-state index in [1.807, 2.05) is 0 Å². The Morgan fingerprint density at radius 1 is 1.10 bits per heavy atom. The summed E-state index contributed by atoms with van der Waals surface area (Å²) < 4.78 is 25.9. The number of hydrogen-bond acceptors (Lipinski definition) is 5. The van der Waals surface area contributed by atoms with Crippen molar-refractivity contribution >= 4 is 37.7 Å². The van der Waals surface area contributed by atoms with Gasteiger partial charge in [0, 0.05) is 29.7 Å². The summed E-state index contributed by atoms with van der Waals surface area (Å²) in [6.45, 7) is 0.512. The van der Waals surface area contributed by atoms with Crippen molar-refractivity contribution in [3.8, 4) is 0 Å². The maximum Gasteiger partial charge on any atom is 0.317 e. The van der Waals surface area contributed by atoms with Crippen molar-refractivity contribution < 1.29 is 18.0 Å². The number of hydrogen-bond donors (Lipinski definition) is 3. The molecule has 3 rings (SSSR count). The van der Waals surface area contributed by atoms with Gasteiger partial charge in [-0.3, -0.25) is 10.2 Å². The first kappa shape index (κ1) is 21.3. The van der Waals surface area contributed by atoms with Gasteiger partial charge in [0.05, 0.1) is 5.75 Å². The van der Waals surface area contributed by atoms with Gasteiger partial charge in [-0.2, -0.15) is 0 Å². The third-order valence-electron chi connectivity index (χ3n) is 4.79. The number of carbonyl (C=O) groups is 2. The number of amides is 3. The number of urea groups is 1. The molecule has 1 fully saturated rings. The number of halogens is 1. The molecule has 1 atom stereocenters. The second kappa shape index (κ2) is 8.93. The molecule has 0 bridgehead atoms. The smallest absolute Gasteiger partial charge is 0.317 e. The Bertz CT molecular complexity index is 994. The molecule has 0 aliphatic carbocycles. The molecule has 0 spiro atoms. The van der Waals surface area contributed by atoms with Gasteiger partial charge in [-0.15, -0.1) is 0 Å². The minimum absolute atomic E-state index is 0.0793. The molecule has 1 aliphatic heterocycles. The molecule has 10 heteroatoms. The summed E-state index contributed by atoms with van der Waals surface area (Å²) in [7, 11) is -3.32. The maximum absolute atomic E-state index is 12.6. The van der Waals surface area contributed by atoms with E-state index in [9.17, 15) is 18.0 Å². The maximum atomic E-state index is 12.6. The lowest BCUT2D eigenvalue weighted by atomic mass is 10.1. The van der Waals surface area contributed by atoms with Gasteiger partial charge in [0.1, 0.15) is 5.25 Å². The number of hydrazine groups is 1. The normalized spacial score (nSPS) is 18.1. The molecule has 3 amide bonds. The molecular weight excluding hydrogens is 460 g/mol. The summed E-state index contributed by atoms with van der Waals surface area (Å²) in [5, 5.41) is 2.05. The fourth-order valence-corrected chi connectivity index (χ4v) is 5.11. The Morgan fingerprint density at radius 2 is 1.76 bits per heavy atom. The molecule has 1 unspecified atom stereocenters. The average molecular weight is 481 g/mol. The molecular formula is C19H21BrN4O4S. The molecule has 0 radical (unpaired) electrons. The average Bonchev–Trinajstić information content (AvgIpc) is 2.72. The minimum atomic E-state index is -3.32. The van der Waals surface area contributed by atoms with Gasteiger partial charge >= 0.3 is 6.03 Å². The summed E-state index contributed by atoms with van der Waals surface area (Å²) in [5.41, 5.74) is 3.94. The number of rotatable bonds is 4. The molecule has 8 nitrogen and oxygen atoms in total. The molecule has 0 saturated carbocycles. The summed E-state index contributed by atoms with van der Waals surface area (Å²) in [6, 6.07) is 13.4. The monoisotopic (exact) mass is 480 g/mol. The third kappa shape index (κ3) is 5.14. The van der Waals surface area contributed by atoms with Crippen LogP contribution >= 0.6 is 15.9 Å². The van der Waals surface area contributed by atoms with Crippen LogP contribution < -0.4 is 16.6 Å². The molecule has 1 heterocycles. The Kier molecular flexibility index (Phi) is 6.56. The van der Waals surface area contributed by atoms with Gasteiger partial charge in [0.15, 0.2) is 9.84 Å². The standard InChI is InChI=1S/C19H21BrN4O4S/c20-16-7-5-14(6-8-16)17-12-24(9-10-29(17,27)28)19(26)22-11-13-1-3-15(4-2-13)18(25)23-21/h1-8,17H,9-12,21H2,(H,22,26)(H,23,25). The first-order chi connectivity index (χ1) is 13.8. The lowest BCUT2D eigenvalue weighted by Crippen LogP contribution is -2.49. The van der Waals surface area contributed by atoms with E-state index in [2.05, 4.69) is 26.7 Å². The van der Waals surface area contributed by atoms with Gasteiger partial charge in [-0.25, -0.2) is 19.1 Å². The van der Waals surface area contributed by atoms with Crippen LogP contribution in [0, 0.1) is 0 Å². The fourth-order valence-electron chi connectivity index (χ4n) is 3.11. The predicted molar refractivity (Wildman–Crippen MR) is 113 cm³/mol. The summed E-state index contributed by atoms with van der Waals surface area (Å²) in [6.07, 6.45) is 0. The molecule has 29 heavy (non-hydrogen) atoms. The predicted octanol–water partition coefficient (Wildman–Crippen LogP) is 1.73. The zero-order valence-corrected chi connectivity index (χ0v) is 17.9. The van der Waals surface area contributed by atoms with Gasteiger partial charge in [0.2, 0.25) is 0 Å². The Balaban J connectivity index is 1.63. The van der Waals surface area contributed by atoms with E-state index >= 15 is 0 Å². The van der Waals surface area contributed by atoms with Crippen LogP contribution in [0.25, 0.3) is 0 Å². The number of sulfone groups is 1. The van der Waals surface area contributed by atoms with Crippen molar-refractivity contribution in [3.05, 3.63) is 69.7 Å². The highest BCUT2D eigenvalue weighted by atomic mass is 79.9. The molecule has 1 aliphatic rings. The zero-order valence-electron chi connectivity index (χ0n) is 15.5. The molecule has 0 aromatic heterocycles. The number of nitrogens with two attached hydrogens (primary N) is 1. The largest absolute Gasteiger partial charge is 0.334 e. The van der Waals surface area contributed by atoms with E-state index in [-0.39, 0.29) is 31.4 Å². The SMILES string of the molecule is NNC(=O)c1ccc(CNC(=O)N2CCS(=O)(=O)C(c3ccc(Br)cc3)C2)cc1. The fraction of sp³-hybridized carbons (Fsp3) is 0.263. The second-order valence-electron chi connectivity index (χ2n) is 6.68. The first-order valence-electron chi connectivity index (χ1n) is 8.90. The van der Waals surface area contributed by atoms with Crippen molar-refractivity contribution in [1.82, 2.24) is 15.6 Å². The van der Waals surface area contributed by atoms with Crippen LogP contribution in [0.5, 0.6) is 0 Å². The van der Waals surface area contributed by atoms with Crippen LogP contribution in [-0.2, 0) is 16.4 Å². The lowest BCUT2D eigenvalue weighted by molar-refractivity contribution is 0.0953. The highest BCUT2D eigenvalue weighted by Crippen LogP contribution is 2.29. The van der Waals surface area contributed by atoms with Crippen LogP contribution in [0.3, 0.4) is 0 Å². The lowest BCUT2D eigenvalue weighted by Gasteiger charge is -2.33. The van der Waals surface area contributed by atoms with Gasteiger partial charge < -0.3 is 10.2 Å². The Labute approximate surface area is 177 Å². The van der Waals surface area contributed by atoms with E-state index in [1.54, 1.807) is 48.5 Å². The van der Waals surface area contributed by atoms with E-state index in [0.717, 1.165) is 10.0 Å². The van der Waals surface area contributed by atoms with Crippen molar-refractivity contribution in [3.63, 3.8) is 0 Å². The van der Waals surface area contributed by atoms with Crippen molar-refractivity contribution in [1.29, 1.82) is 0 Å². The minimum Gasteiger partial charge on any atom is -0.334 e. The highest BCUT2D eigenvalue weighted by Gasteiger charge is 2.35. The summed E-state index contributed by atoms with van der Waals surface area (Å²) in [5.74, 6) is 4.62. The van der Waals surface area contributed by atoms with E-state index in [1.165, 1.54) is 4.90 Å². The van der Waals surface area contributed by atoms with E-state index < -0.39 is 21.0 Å². The van der Waals surface area contributed by atoms with Crippen molar-refractivity contribution in [2.24, 2.45) is 5.84 Å². The van der Waals surface area contributed by atoms with Crippen LogP contribution in [-0.4, -0.2) is 44.1 Å². The zero-order chi connectivity index (χ0) is 21.0. The van der Waals surface area contributed by atoms with Crippen molar-refractivity contribution in [2.75, 3.05) is 18.8 Å². The molecule has 4 N–H and O–H groups in total. The van der Waals surface area contributed by atoms with E-state index in [0.29, 0.717) is 11.1 Å². The second-order valence-corrected chi connectivity index (χ2v) is 9.90. The van der Waals surface area contributed by atoms with Crippen LogP contribution in [0.4, 0.5) is 4.79 Å². The third-order valence-corrected chi connectivity index (χ3v) is 7.35. The number of nitrogens with one attached hydrogen (secondary N) is 2. The van der Waals surface area contributed by atoms with Gasteiger partial charge in [-0.1, -0.05) is 40.2 Å². The number of benzene rings is 2. The molecule has 154 valence electrons. The highest BCUT2D eigenvalue weighted by molar-refractivity contribution is 9.10. The molecule has 2 aromatic rings. The number of nitrogens with zero attached hydrogens (tertiary/aromatic N) is 1. The summed E-state index contributed by atoms with van der Waals surface area (Å²) in [4.78, 5) is 25.5. The summed E-state index contributed by atoms with van der Waals surface area (Å²) >= 11 is 3.34. The Morgan fingerprint density at radius 3 is 2.38 bits per heavy atom. The quantitative estimate of drug-likeness (QED) is 0.349. The first-order valence-corrected chi connectivity index (χ1v) is 11.4. The number of nitrogen functional groups attached to an aromatic ring is 1. The topological polar surface area (TPSA) is 122 Å². The van der Waals surface area contributed by atoms with Crippen molar-refractivity contribution in [2.45, 2.75) is 11.8 Å². The molecule has 1 saturated heterocycles. The van der Waals surface area contributed by atoms with Crippen LogP contribution in [0.1, 0.15) is 26.7 Å². The Hall–Kier alpha value is -2.43. The number of carbonyl (C=O) groups excluding carboxylic acids is 2. The van der Waals surface area contributed by atoms with Crippen LogP contribution in [0.2, 0.25) is 0 Å². The van der Waals surface area contributed by atoms with Crippen LogP contribution in [0.15, 0.2) is 53.0 Å². The van der Waals surface area contributed by atoms with Gasteiger partial charge in [-0.05, 0) is 35.4 Å².